The molecule has 29 heavy (non-hydrogen) atoms. The van der Waals surface area contributed by atoms with Crippen LogP contribution in [-0.2, 0) is 24.1 Å². The number of esters is 1. The van der Waals surface area contributed by atoms with Crippen molar-refractivity contribution in [3.8, 4) is 0 Å². The molecule has 2 N–H and O–H groups in total. The highest BCUT2D eigenvalue weighted by Crippen LogP contribution is 2.56. The average molecular weight is 422 g/mol. The molecule has 10 nitrogen and oxygen atoms in total. The number of hydrazone groups is 1. The fourth-order valence-electron chi connectivity index (χ4n) is 3.01. The van der Waals surface area contributed by atoms with Crippen molar-refractivity contribution in [2.75, 3.05) is 25.2 Å². The summed E-state index contributed by atoms with van der Waals surface area (Å²) in [6, 6.07) is 8.42. The van der Waals surface area contributed by atoms with Crippen molar-refractivity contribution in [1.82, 2.24) is 9.78 Å². The van der Waals surface area contributed by atoms with Crippen LogP contribution >= 0.6 is 7.60 Å². The first-order valence-electron chi connectivity index (χ1n) is 9.19. The molecule has 1 aromatic carbocycles. The molecule has 156 valence electrons. The van der Waals surface area contributed by atoms with E-state index in [0.29, 0.717) is 5.56 Å². The molecule has 0 saturated heterocycles. The Hall–Kier alpha value is -2.52. The number of ether oxygens (including phenoxy) is 1. The lowest BCUT2D eigenvalue weighted by molar-refractivity contribution is 0.0524. The molecular formula is C18H23N4O6P. The molecule has 3 rings (SSSR count). The zero-order chi connectivity index (χ0) is 21.1. The van der Waals surface area contributed by atoms with E-state index in [2.05, 4.69) is 15.6 Å². The number of hydrogen-bond donors (Lipinski definition) is 2. The van der Waals surface area contributed by atoms with Crippen LogP contribution in [0.25, 0.3) is 0 Å². The SMILES string of the molecule is CCOC(=O)c1cnn2c1NN=C(P(=O)(OCC)OCC)C2(O)c1ccccc1. The van der Waals surface area contributed by atoms with Crippen LogP contribution in [0.5, 0.6) is 0 Å². The number of hydrogen-bond acceptors (Lipinski definition) is 9. The van der Waals surface area contributed by atoms with Crippen molar-refractivity contribution < 1.29 is 28.3 Å². The fraction of sp³-hybridized carbons (Fsp3) is 0.389. The molecule has 1 atom stereocenters. The van der Waals surface area contributed by atoms with Crippen molar-refractivity contribution in [3.05, 3.63) is 47.7 Å². The summed E-state index contributed by atoms with van der Waals surface area (Å²) in [6.45, 7) is 5.30. The molecule has 11 heteroatoms. The minimum atomic E-state index is -4.00. The second-order valence-corrected chi connectivity index (χ2v) is 7.89. The van der Waals surface area contributed by atoms with Gasteiger partial charge in [-0.1, -0.05) is 30.3 Å². The molecule has 1 aromatic heterocycles. The molecule has 1 aliphatic heterocycles. The summed E-state index contributed by atoms with van der Waals surface area (Å²) in [5.74, 6) is -0.536. The fourth-order valence-corrected chi connectivity index (χ4v) is 4.79. The van der Waals surface area contributed by atoms with E-state index in [9.17, 15) is 14.5 Å². The predicted molar refractivity (Wildman–Crippen MR) is 106 cm³/mol. The maximum Gasteiger partial charge on any atom is 0.382 e. The second kappa shape index (κ2) is 8.46. The van der Waals surface area contributed by atoms with Crippen LogP contribution in [0.2, 0.25) is 0 Å². The highest BCUT2D eigenvalue weighted by atomic mass is 31.2. The number of rotatable bonds is 8. The molecule has 0 fully saturated rings. The van der Waals surface area contributed by atoms with E-state index in [1.807, 2.05) is 0 Å². The Kier molecular flexibility index (Phi) is 6.18. The molecule has 0 saturated carbocycles. The third-order valence-corrected chi connectivity index (χ3v) is 6.31. The zero-order valence-electron chi connectivity index (χ0n) is 16.4. The number of carbonyl (C=O) groups is 1. The summed E-state index contributed by atoms with van der Waals surface area (Å²) in [5, 5.41) is 20.1. The molecule has 2 heterocycles. The molecule has 0 radical (unpaired) electrons. The number of aromatic nitrogens is 2. The largest absolute Gasteiger partial charge is 0.462 e. The third-order valence-electron chi connectivity index (χ3n) is 4.18. The minimum absolute atomic E-state index is 0.0706. The number of carbonyl (C=O) groups excluding carboxylic acids is 1. The molecule has 0 bridgehead atoms. The van der Waals surface area contributed by atoms with Crippen LogP contribution in [0.3, 0.4) is 0 Å². The Balaban J connectivity index is 2.22. The first-order valence-corrected chi connectivity index (χ1v) is 10.7. The molecule has 0 aliphatic carbocycles. The van der Waals surface area contributed by atoms with E-state index in [1.54, 1.807) is 51.1 Å². The Morgan fingerprint density at radius 1 is 1.17 bits per heavy atom. The van der Waals surface area contributed by atoms with Gasteiger partial charge in [0.2, 0.25) is 11.2 Å². The van der Waals surface area contributed by atoms with Gasteiger partial charge in [0, 0.05) is 5.56 Å². The summed E-state index contributed by atoms with van der Waals surface area (Å²) in [7, 11) is -4.00. The van der Waals surface area contributed by atoms with Crippen molar-refractivity contribution in [3.63, 3.8) is 0 Å². The van der Waals surface area contributed by atoms with Crippen molar-refractivity contribution in [2.45, 2.75) is 26.5 Å². The van der Waals surface area contributed by atoms with Crippen LogP contribution in [0, 0.1) is 0 Å². The predicted octanol–water partition coefficient (Wildman–Crippen LogP) is 2.76. The summed E-state index contributed by atoms with van der Waals surface area (Å²) in [5.41, 5.74) is 0.633. The van der Waals surface area contributed by atoms with Gasteiger partial charge in [-0.2, -0.15) is 10.2 Å². The highest BCUT2D eigenvalue weighted by molar-refractivity contribution is 7.72. The Morgan fingerprint density at radius 3 is 2.41 bits per heavy atom. The third kappa shape index (κ3) is 3.60. The maximum atomic E-state index is 13.5. The van der Waals surface area contributed by atoms with Crippen molar-refractivity contribution in [1.29, 1.82) is 0 Å². The van der Waals surface area contributed by atoms with E-state index in [-0.39, 0.29) is 36.7 Å². The van der Waals surface area contributed by atoms with Gasteiger partial charge in [0.1, 0.15) is 5.56 Å². The van der Waals surface area contributed by atoms with E-state index in [4.69, 9.17) is 13.8 Å². The highest BCUT2D eigenvalue weighted by Gasteiger charge is 2.53. The van der Waals surface area contributed by atoms with Crippen LogP contribution in [0.1, 0.15) is 36.7 Å². The number of anilines is 1. The van der Waals surface area contributed by atoms with Gasteiger partial charge in [0.15, 0.2) is 5.82 Å². The molecule has 1 unspecified atom stereocenters. The van der Waals surface area contributed by atoms with Crippen LogP contribution in [0.4, 0.5) is 5.82 Å². The van der Waals surface area contributed by atoms with E-state index >= 15 is 0 Å². The average Bonchev–Trinajstić information content (AvgIpc) is 3.15. The molecule has 0 amide bonds. The van der Waals surface area contributed by atoms with Gasteiger partial charge < -0.3 is 18.9 Å². The van der Waals surface area contributed by atoms with Crippen molar-refractivity contribution in [2.24, 2.45) is 5.10 Å². The normalized spacial score (nSPS) is 18.6. The quantitative estimate of drug-likeness (QED) is 0.492. The monoisotopic (exact) mass is 422 g/mol. The van der Waals surface area contributed by atoms with Crippen molar-refractivity contribution >= 4 is 24.8 Å². The van der Waals surface area contributed by atoms with Gasteiger partial charge >= 0.3 is 13.6 Å². The Labute approximate surface area is 168 Å². The first-order chi connectivity index (χ1) is 13.9. The van der Waals surface area contributed by atoms with Gasteiger partial charge in [-0.25, -0.2) is 9.48 Å². The summed E-state index contributed by atoms with van der Waals surface area (Å²) < 4.78 is 30.5. The number of aliphatic hydroxyl groups is 1. The zero-order valence-corrected chi connectivity index (χ0v) is 17.3. The lowest BCUT2D eigenvalue weighted by Gasteiger charge is -2.36. The van der Waals surface area contributed by atoms with Crippen LogP contribution in [0.15, 0.2) is 41.6 Å². The molecule has 0 spiro atoms. The van der Waals surface area contributed by atoms with E-state index in [1.165, 1.54) is 6.20 Å². The molecule has 2 aromatic rings. The Morgan fingerprint density at radius 2 is 1.83 bits per heavy atom. The summed E-state index contributed by atoms with van der Waals surface area (Å²) >= 11 is 0. The van der Waals surface area contributed by atoms with Crippen LogP contribution < -0.4 is 5.43 Å². The van der Waals surface area contributed by atoms with Crippen LogP contribution in [-0.4, -0.2) is 46.1 Å². The standard InChI is InChI=1S/C18H23N4O6P/c1-4-26-16(23)14-12-19-22-15(14)20-21-17(29(25,27-5-2)28-6-3)18(22,24)13-10-8-7-9-11-13/h7-12,20,24H,4-6H2,1-3H3. The number of nitrogens with one attached hydrogen (secondary N) is 1. The van der Waals surface area contributed by atoms with Gasteiger partial charge in [-0.15, -0.1) is 0 Å². The number of fused-ring (bicyclic) bond motifs is 1. The minimum Gasteiger partial charge on any atom is -0.462 e. The van der Waals surface area contributed by atoms with Gasteiger partial charge in [0.25, 0.3) is 0 Å². The molecule has 1 aliphatic rings. The van der Waals surface area contributed by atoms with Gasteiger partial charge in [0.05, 0.1) is 26.0 Å². The summed E-state index contributed by atoms with van der Waals surface area (Å²) in [6.07, 6.45) is 1.25. The Bertz CT molecular complexity index is 951. The first kappa shape index (κ1) is 21.2. The van der Waals surface area contributed by atoms with E-state index < -0.39 is 19.3 Å². The second-order valence-electron chi connectivity index (χ2n) is 5.96. The number of nitrogens with zero attached hydrogens (tertiary/aromatic N) is 3. The molecular weight excluding hydrogens is 399 g/mol. The lowest BCUT2D eigenvalue weighted by Crippen LogP contribution is -2.47. The van der Waals surface area contributed by atoms with E-state index in [0.717, 1.165) is 4.68 Å². The maximum absolute atomic E-state index is 13.5. The lowest BCUT2D eigenvalue weighted by atomic mass is 10.0. The van der Waals surface area contributed by atoms with Gasteiger partial charge in [-0.05, 0) is 20.8 Å². The van der Waals surface area contributed by atoms with Gasteiger partial charge in [-0.3, -0.25) is 9.99 Å². The topological polar surface area (TPSA) is 124 Å². The summed E-state index contributed by atoms with van der Waals surface area (Å²) in [4.78, 5) is 12.3. The smallest absolute Gasteiger partial charge is 0.382 e. The number of benzene rings is 1.